The molecule has 0 aliphatic rings. The summed E-state index contributed by atoms with van der Waals surface area (Å²) in [4.78, 5) is 10.5. The third-order valence-corrected chi connectivity index (χ3v) is 3.42. The van der Waals surface area contributed by atoms with Gasteiger partial charge in [-0.25, -0.2) is 0 Å². The lowest BCUT2D eigenvalue weighted by Crippen LogP contribution is -2.04. The van der Waals surface area contributed by atoms with E-state index in [4.69, 9.17) is 10.5 Å². The van der Waals surface area contributed by atoms with Crippen molar-refractivity contribution in [1.82, 2.24) is 0 Å². The molecule has 0 spiro atoms. The average molecular weight is 278 g/mol. The molecule has 100 valence electrons. The van der Waals surface area contributed by atoms with E-state index in [1.807, 2.05) is 16.8 Å². The largest absolute Gasteiger partial charge is 0.486 e. The van der Waals surface area contributed by atoms with Crippen LogP contribution in [0.3, 0.4) is 0 Å². The van der Waals surface area contributed by atoms with Gasteiger partial charge in [-0.3, -0.25) is 10.1 Å². The van der Waals surface area contributed by atoms with Crippen molar-refractivity contribution in [3.8, 4) is 5.75 Å². The molecule has 0 radical (unpaired) electrons. The second-order valence-electron chi connectivity index (χ2n) is 3.99. The van der Waals surface area contributed by atoms with Gasteiger partial charge in [0.2, 0.25) is 0 Å². The molecule has 5 nitrogen and oxygen atoms in total. The van der Waals surface area contributed by atoms with Crippen LogP contribution in [0.1, 0.15) is 11.1 Å². The number of nitro benzene ring substituents is 1. The van der Waals surface area contributed by atoms with Crippen molar-refractivity contribution in [2.45, 2.75) is 13.0 Å². The Morgan fingerprint density at radius 2 is 2.16 bits per heavy atom. The van der Waals surface area contributed by atoms with Crippen LogP contribution in [0.4, 0.5) is 5.69 Å². The summed E-state index contributed by atoms with van der Waals surface area (Å²) in [6.45, 7) is 0.690. The summed E-state index contributed by atoms with van der Waals surface area (Å²) in [5, 5.41) is 15.0. The smallest absolute Gasteiger partial charge is 0.311 e. The fourth-order valence-electron chi connectivity index (χ4n) is 1.67. The fourth-order valence-corrected chi connectivity index (χ4v) is 2.37. The highest BCUT2D eigenvalue weighted by molar-refractivity contribution is 7.07. The molecule has 19 heavy (non-hydrogen) atoms. The minimum absolute atomic E-state index is 0.0340. The molecular weight excluding hydrogens is 264 g/mol. The predicted molar refractivity (Wildman–Crippen MR) is 74.5 cm³/mol. The van der Waals surface area contributed by atoms with Crippen LogP contribution in [0.25, 0.3) is 0 Å². The highest BCUT2D eigenvalue weighted by Crippen LogP contribution is 2.28. The SMILES string of the molecule is NCc1ccc(OCCc2ccsc2)c([N+](=O)[O-])c1. The van der Waals surface area contributed by atoms with Crippen molar-refractivity contribution < 1.29 is 9.66 Å². The maximum atomic E-state index is 11.0. The molecule has 2 aromatic rings. The Morgan fingerprint density at radius 3 is 2.79 bits per heavy atom. The summed E-state index contributed by atoms with van der Waals surface area (Å²) < 4.78 is 5.49. The Bertz CT molecular complexity index is 555. The molecule has 0 saturated carbocycles. The van der Waals surface area contributed by atoms with Crippen LogP contribution in [0.5, 0.6) is 5.75 Å². The minimum Gasteiger partial charge on any atom is -0.486 e. The monoisotopic (exact) mass is 278 g/mol. The first-order chi connectivity index (χ1) is 9.20. The molecule has 0 aliphatic heterocycles. The van der Waals surface area contributed by atoms with Crippen LogP contribution in [0.15, 0.2) is 35.0 Å². The highest BCUT2D eigenvalue weighted by Gasteiger charge is 2.15. The number of nitro groups is 1. The summed E-state index contributed by atoms with van der Waals surface area (Å²) >= 11 is 1.62. The molecular formula is C13H14N2O3S. The van der Waals surface area contributed by atoms with Gasteiger partial charge in [0.05, 0.1) is 11.5 Å². The van der Waals surface area contributed by atoms with E-state index in [1.165, 1.54) is 11.6 Å². The van der Waals surface area contributed by atoms with Crippen LogP contribution in [-0.2, 0) is 13.0 Å². The Hall–Kier alpha value is -1.92. The standard InChI is InChI=1S/C13H14N2O3S/c14-8-11-1-2-13(12(7-11)15(16)17)18-5-3-10-4-6-19-9-10/h1-2,4,6-7,9H,3,5,8,14H2. The van der Waals surface area contributed by atoms with Crippen LogP contribution < -0.4 is 10.5 Å². The summed E-state index contributed by atoms with van der Waals surface area (Å²) in [7, 11) is 0. The van der Waals surface area contributed by atoms with E-state index in [9.17, 15) is 10.1 Å². The van der Waals surface area contributed by atoms with E-state index in [2.05, 4.69) is 0 Å². The average Bonchev–Trinajstić information content (AvgIpc) is 2.92. The molecule has 0 aliphatic carbocycles. The summed E-state index contributed by atoms with van der Waals surface area (Å²) in [6, 6.07) is 6.82. The molecule has 0 amide bonds. The van der Waals surface area contributed by atoms with Gasteiger partial charge < -0.3 is 10.5 Å². The molecule has 6 heteroatoms. The van der Waals surface area contributed by atoms with E-state index in [1.54, 1.807) is 23.5 Å². The normalized spacial score (nSPS) is 10.4. The fraction of sp³-hybridized carbons (Fsp3) is 0.231. The number of thiophene rings is 1. The number of ether oxygens (including phenoxy) is 1. The van der Waals surface area contributed by atoms with E-state index in [0.717, 1.165) is 12.0 Å². The van der Waals surface area contributed by atoms with Crippen LogP contribution in [-0.4, -0.2) is 11.5 Å². The molecule has 1 heterocycles. The zero-order valence-electron chi connectivity index (χ0n) is 10.2. The van der Waals surface area contributed by atoms with Gasteiger partial charge in [0.25, 0.3) is 0 Å². The van der Waals surface area contributed by atoms with E-state index < -0.39 is 4.92 Å². The Labute approximate surface area is 114 Å². The van der Waals surface area contributed by atoms with Crippen molar-refractivity contribution in [1.29, 1.82) is 0 Å². The lowest BCUT2D eigenvalue weighted by molar-refractivity contribution is -0.385. The van der Waals surface area contributed by atoms with Gasteiger partial charge in [0.15, 0.2) is 5.75 Å². The van der Waals surface area contributed by atoms with Gasteiger partial charge in [0.1, 0.15) is 0 Å². The van der Waals surface area contributed by atoms with Crippen molar-refractivity contribution in [2.24, 2.45) is 5.73 Å². The van der Waals surface area contributed by atoms with Crippen LogP contribution >= 0.6 is 11.3 Å². The molecule has 0 saturated heterocycles. The number of rotatable bonds is 6. The van der Waals surface area contributed by atoms with Gasteiger partial charge in [-0.15, -0.1) is 0 Å². The van der Waals surface area contributed by atoms with Crippen LogP contribution in [0, 0.1) is 10.1 Å². The quantitative estimate of drug-likeness (QED) is 0.651. The molecule has 1 aromatic heterocycles. The zero-order valence-corrected chi connectivity index (χ0v) is 11.1. The van der Waals surface area contributed by atoms with E-state index in [-0.39, 0.29) is 18.0 Å². The van der Waals surface area contributed by atoms with E-state index in [0.29, 0.717) is 6.61 Å². The topological polar surface area (TPSA) is 78.4 Å². The summed E-state index contributed by atoms with van der Waals surface area (Å²) in [5.41, 5.74) is 7.33. The van der Waals surface area contributed by atoms with Crippen molar-refractivity contribution in [3.63, 3.8) is 0 Å². The summed E-state index contributed by atoms with van der Waals surface area (Å²) in [6.07, 6.45) is 0.735. The molecule has 2 N–H and O–H groups in total. The Morgan fingerprint density at radius 1 is 1.32 bits per heavy atom. The van der Waals surface area contributed by atoms with Gasteiger partial charge in [0, 0.05) is 19.0 Å². The maximum absolute atomic E-state index is 11.0. The molecule has 0 fully saturated rings. The molecule has 0 unspecified atom stereocenters. The number of nitrogens with two attached hydrogens (primary N) is 1. The van der Waals surface area contributed by atoms with Crippen LogP contribution in [0.2, 0.25) is 0 Å². The second kappa shape index (κ2) is 6.31. The highest BCUT2D eigenvalue weighted by atomic mass is 32.1. The van der Waals surface area contributed by atoms with Gasteiger partial charge in [-0.05, 0) is 34.0 Å². The van der Waals surface area contributed by atoms with Crippen molar-refractivity contribution in [3.05, 3.63) is 56.3 Å². The van der Waals surface area contributed by atoms with Gasteiger partial charge >= 0.3 is 5.69 Å². The Balaban J connectivity index is 2.04. The third-order valence-electron chi connectivity index (χ3n) is 2.68. The molecule has 2 rings (SSSR count). The number of nitrogens with zero attached hydrogens (tertiary/aromatic N) is 1. The minimum atomic E-state index is -0.445. The Kier molecular flexibility index (Phi) is 4.48. The number of benzene rings is 1. The first-order valence-electron chi connectivity index (χ1n) is 5.82. The first-order valence-corrected chi connectivity index (χ1v) is 6.76. The first kappa shape index (κ1) is 13.5. The number of hydrogen-bond acceptors (Lipinski definition) is 5. The predicted octanol–water partition coefficient (Wildman–Crippen LogP) is 2.74. The lowest BCUT2D eigenvalue weighted by Gasteiger charge is -2.07. The van der Waals surface area contributed by atoms with Crippen molar-refractivity contribution >= 4 is 17.0 Å². The number of hydrogen-bond donors (Lipinski definition) is 1. The van der Waals surface area contributed by atoms with Gasteiger partial charge in [-0.1, -0.05) is 6.07 Å². The summed E-state index contributed by atoms with van der Waals surface area (Å²) in [5.74, 6) is 0.289. The molecule has 0 bridgehead atoms. The maximum Gasteiger partial charge on any atom is 0.311 e. The molecule has 0 atom stereocenters. The second-order valence-corrected chi connectivity index (χ2v) is 4.77. The van der Waals surface area contributed by atoms with Gasteiger partial charge in [-0.2, -0.15) is 11.3 Å². The lowest BCUT2D eigenvalue weighted by atomic mass is 10.2. The molecule has 1 aromatic carbocycles. The van der Waals surface area contributed by atoms with Crippen molar-refractivity contribution in [2.75, 3.05) is 6.61 Å². The zero-order chi connectivity index (χ0) is 13.7. The third kappa shape index (κ3) is 3.52. The van der Waals surface area contributed by atoms with E-state index >= 15 is 0 Å².